The van der Waals surface area contributed by atoms with Gasteiger partial charge >= 0.3 is 0 Å². The average molecular weight is 444 g/mol. The van der Waals surface area contributed by atoms with E-state index in [1.54, 1.807) is 0 Å². The van der Waals surface area contributed by atoms with Crippen LogP contribution in [0.5, 0.6) is 0 Å². The number of benzene rings is 1. The van der Waals surface area contributed by atoms with Gasteiger partial charge in [0.05, 0.1) is 0 Å². The number of carbonyl (C=O) groups excluding carboxylic acids is 1. The van der Waals surface area contributed by atoms with Crippen molar-refractivity contribution in [3.63, 3.8) is 0 Å². The number of aromatic nitrogens is 4. The van der Waals surface area contributed by atoms with E-state index in [1.165, 1.54) is 36.0 Å². The fraction of sp³-hybridized carbons (Fsp3) is 0.556. The zero-order valence-electron chi connectivity index (χ0n) is 19.8. The lowest BCUT2D eigenvalue weighted by molar-refractivity contribution is -0.118. The first-order valence-electron chi connectivity index (χ1n) is 12.5. The van der Waals surface area contributed by atoms with Crippen LogP contribution < -0.4 is 4.90 Å². The lowest BCUT2D eigenvalue weighted by atomic mass is 9.72. The van der Waals surface area contributed by atoms with E-state index in [9.17, 15) is 4.79 Å². The Labute approximate surface area is 195 Å². The molecule has 1 saturated carbocycles. The van der Waals surface area contributed by atoms with Crippen molar-refractivity contribution < 1.29 is 4.79 Å². The minimum Gasteiger partial charge on any atom is -0.353 e. The number of anilines is 1. The summed E-state index contributed by atoms with van der Waals surface area (Å²) in [4.78, 5) is 23.8. The Bertz CT molecular complexity index is 1220. The first-order chi connectivity index (χ1) is 15.9. The number of hydrogen-bond acceptors (Lipinski definition) is 5. The molecule has 6 heteroatoms. The van der Waals surface area contributed by atoms with Crippen LogP contribution in [0.25, 0.3) is 5.65 Å². The van der Waals surface area contributed by atoms with Crippen LogP contribution in [0.15, 0.2) is 30.6 Å². The van der Waals surface area contributed by atoms with Crippen LogP contribution in [0.4, 0.5) is 5.82 Å². The fourth-order valence-corrected chi connectivity index (χ4v) is 6.43. The number of nitrogens with zero attached hydrogens (tertiary/aromatic N) is 5. The minimum atomic E-state index is 0.235. The topological polar surface area (TPSA) is 63.4 Å². The number of hydrogen-bond donors (Lipinski definition) is 0. The third-order valence-electron chi connectivity index (χ3n) is 8.42. The first-order valence-corrected chi connectivity index (χ1v) is 12.5. The predicted octanol–water partition coefficient (Wildman–Crippen LogP) is 4.67. The molecule has 1 spiro atoms. The quantitative estimate of drug-likeness (QED) is 0.589. The Kier molecular flexibility index (Phi) is 4.82. The van der Waals surface area contributed by atoms with E-state index in [2.05, 4.69) is 36.9 Å². The second-order valence-electron chi connectivity index (χ2n) is 11.2. The highest BCUT2D eigenvalue weighted by Crippen LogP contribution is 2.45. The van der Waals surface area contributed by atoms with Crippen molar-refractivity contribution >= 4 is 17.2 Å². The summed E-state index contributed by atoms with van der Waals surface area (Å²) in [6.07, 6.45) is 12.9. The molecule has 3 aromatic rings. The summed E-state index contributed by atoms with van der Waals surface area (Å²) < 4.78 is 1.88. The minimum absolute atomic E-state index is 0.235. The predicted molar refractivity (Wildman–Crippen MR) is 129 cm³/mol. The molecule has 172 valence electrons. The number of Topliss-reactive ketones (excluding diaryl/α,β-unsaturated/α-hetero) is 1. The van der Waals surface area contributed by atoms with Gasteiger partial charge in [0.2, 0.25) is 0 Å². The Morgan fingerprint density at radius 2 is 1.91 bits per heavy atom. The highest BCUT2D eigenvalue weighted by molar-refractivity contribution is 5.81. The van der Waals surface area contributed by atoms with Gasteiger partial charge in [0.1, 0.15) is 5.78 Å². The monoisotopic (exact) mass is 443 g/mol. The van der Waals surface area contributed by atoms with Gasteiger partial charge in [-0.3, -0.25) is 4.79 Å². The van der Waals surface area contributed by atoms with Gasteiger partial charge in [-0.2, -0.15) is 5.10 Å². The van der Waals surface area contributed by atoms with Gasteiger partial charge in [-0.15, -0.1) is 0 Å². The molecule has 0 unspecified atom stereocenters. The van der Waals surface area contributed by atoms with Gasteiger partial charge in [-0.25, -0.2) is 14.5 Å². The van der Waals surface area contributed by atoms with Crippen molar-refractivity contribution in [2.45, 2.75) is 77.0 Å². The number of carbonyl (C=O) groups is 1. The van der Waals surface area contributed by atoms with Crippen molar-refractivity contribution in [2.24, 2.45) is 5.41 Å². The van der Waals surface area contributed by atoms with E-state index in [1.807, 2.05) is 16.9 Å². The lowest BCUT2D eigenvalue weighted by Crippen LogP contribution is -2.39. The first kappa shape index (κ1) is 20.8. The molecule has 0 amide bonds. The molecular weight excluding hydrogens is 410 g/mol. The molecule has 1 aliphatic heterocycles. The van der Waals surface area contributed by atoms with Crippen LogP contribution in [0.1, 0.15) is 81.3 Å². The molecule has 33 heavy (non-hydrogen) atoms. The normalized spacial score (nSPS) is 21.6. The van der Waals surface area contributed by atoms with Crippen LogP contribution in [0.2, 0.25) is 0 Å². The maximum absolute atomic E-state index is 11.9. The van der Waals surface area contributed by atoms with E-state index in [-0.39, 0.29) is 10.8 Å². The molecule has 0 N–H and O–H groups in total. The summed E-state index contributed by atoms with van der Waals surface area (Å²) in [5.74, 6) is 2.20. The molecule has 6 nitrogen and oxygen atoms in total. The van der Waals surface area contributed by atoms with Gasteiger partial charge in [0.25, 0.3) is 0 Å². The van der Waals surface area contributed by atoms with Crippen molar-refractivity contribution in [3.05, 3.63) is 53.1 Å². The van der Waals surface area contributed by atoms with E-state index < -0.39 is 0 Å². The van der Waals surface area contributed by atoms with Crippen molar-refractivity contribution in [3.8, 4) is 0 Å². The third-order valence-corrected chi connectivity index (χ3v) is 8.42. The highest BCUT2D eigenvalue weighted by Gasteiger charge is 2.41. The molecule has 2 aliphatic carbocycles. The van der Waals surface area contributed by atoms with Crippen molar-refractivity contribution in [1.29, 1.82) is 0 Å². The Balaban J connectivity index is 1.23. The molecule has 3 heterocycles. The summed E-state index contributed by atoms with van der Waals surface area (Å²) in [6, 6.07) is 6.95. The molecule has 0 atom stereocenters. The van der Waals surface area contributed by atoms with Gasteiger partial charge in [0, 0.05) is 44.7 Å². The number of ketones is 1. The molecule has 3 aliphatic rings. The van der Waals surface area contributed by atoms with E-state index in [0.717, 1.165) is 68.9 Å². The molecule has 1 aromatic carbocycles. The van der Waals surface area contributed by atoms with Crippen molar-refractivity contribution in [1.82, 2.24) is 19.6 Å². The Hall–Kier alpha value is -2.76. The molecule has 2 fully saturated rings. The van der Waals surface area contributed by atoms with E-state index >= 15 is 0 Å². The summed E-state index contributed by atoms with van der Waals surface area (Å²) in [7, 11) is 0. The number of piperidine rings is 1. The highest BCUT2D eigenvalue weighted by atomic mass is 16.1. The lowest BCUT2D eigenvalue weighted by Gasteiger charge is -2.39. The maximum atomic E-state index is 11.9. The Morgan fingerprint density at radius 1 is 1.06 bits per heavy atom. The zero-order chi connectivity index (χ0) is 22.6. The fourth-order valence-electron chi connectivity index (χ4n) is 6.43. The van der Waals surface area contributed by atoms with Gasteiger partial charge < -0.3 is 4.90 Å². The SMILES string of the molecule is CC1(C)CCCc2cc(Cc3nc4c(N5CCC6(CCC(=O)C6)CC5)nccn4n3)ccc21. The van der Waals surface area contributed by atoms with Crippen molar-refractivity contribution in [2.75, 3.05) is 18.0 Å². The smallest absolute Gasteiger partial charge is 0.198 e. The molecule has 2 aromatic heterocycles. The van der Waals surface area contributed by atoms with Gasteiger partial charge in [-0.05, 0) is 66.0 Å². The van der Waals surface area contributed by atoms with Gasteiger partial charge in [0.15, 0.2) is 17.3 Å². The number of rotatable bonds is 3. The van der Waals surface area contributed by atoms with Crippen LogP contribution in [0.3, 0.4) is 0 Å². The summed E-state index contributed by atoms with van der Waals surface area (Å²) in [5.41, 5.74) is 5.61. The second kappa shape index (κ2) is 7.64. The number of aryl methyl sites for hydroxylation is 1. The summed E-state index contributed by atoms with van der Waals surface area (Å²) in [5, 5.41) is 4.78. The number of fused-ring (bicyclic) bond motifs is 2. The van der Waals surface area contributed by atoms with E-state index in [0.29, 0.717) is 5.78 Å². The van der Waals surface area contributed by atoms with Crippen LogP contribution in [0, 0.1) is 5.41 Å². The Morgan fingerprint density at radius 3 is 2.70 bits per heavy atom. The summed E-state index contributed by atoms with van der Waals surface area (Å²) in [6.45, 7) is 6.58. The van der Waals surface area contributed by atoms with Crippen LogP contribution in [-0.2, 0) is 23.1 Å². The maximum Gasteiger partial charge on any atom is 0.198 e. The molecule has 0 bridgehead atoms. The molecule has 0 radical (unpaired) electrons. The zero-order valence-corrected chi connectivity index (χ0v) is 19.8. The molecule has 6 rings (SSSR count). The summed E-state index contributed by atoms with van der Waals surface area (Å²) >= 11 is 0. The van der Waals surface area contributed by atoms with Crippen LogP contribution >= 0.6 is 0 Å². The van der Waals surface area contributed by atoms with E-state index in [4.69, 9.17) is 15.1 Å². The largest absolute Gasteiger partial charge is 0.353 e. The average Bonchev–Trinajstić information content (AvgIpc) is 3.36. The molecule has 1 saturated heterocycles. The molecular formula is C27H33N5O. The third kappa shape index (κ3) is 3.73. The van der Waals surface area contributed by atoms with Crippen LogP contribution in [-0.4, -0.2) is 38.5 Å². The van der Waals surface area contributed by atoms with Gasteiger partial charge in [-0.1, -0.05) is 32.0 Å². The second-order valence-corrected chi connectivity index (χ2v) is 11.2. The standard InChI is InChI=1S/C27H33N5O/c1-26(2)8-3-4-20-16-19(5-6-22(20)26)17-23-29-25-24(28-12-15-32(25)30-23)31-13-10-27(11-14-31)9-7-21(33)18-27/h5-6,12,15-16H,3-4,7-11,13-14,17-18H2,1-2H3.